The molecule has 0 unspecified atom stereocenters. The zero-order valence-electron chi connectivity index (χ0n) is 13.7. The van der Waals surface area contributed by atoms with Gasteiger partial charge in [-0.1, -0.05) is 67.9 Å². The molecule has 0 aliphatic heterocycles. The molecule has 3 heteroatoms. The highest BCUT2D eigenvalue weighted by molar-refractivity contribution is 5.85. The van der Waals surface area contributed by atoms with Crippen LogP contribution in [0.4, 0.5) is 0 Å². The molecule has 1 heterocycles. The summed E-state index contributed by atoms with van der Waals surface area (Å²) in [5.74, 6) is 0.253. The molecular weight excluding hydrogens is 284 g/mol. The summed E-state index contributed by atoms with van der Waals surface area (Å²) >= 11 is 0. The molecule has 3 aromatic rings. The molecule has 2 aromatic carbocycles. The summed E-state index contributed by atoms with van der Waals surface area (Å²) in [6.07, 6.45) is 2.07. The van der Waals surface area contributed by atoms with Gasteiger partial charge in [-0.2, -0.15) is 5.10 Å². The molecule has 0 aliphatic rings. The molecule has 118 valence electrons. The van der Waals surface area contributed by atoms with Crippen LogP contribution in [0.3, 0.4) is 0 Å². The summed E-state index contributed by atoms with van der Waals surface area (Å²) in [5.41, 5.74) is 4.88. The van der Waals surface area contributed by atoms with E-state index >= 15 is 0 Å². The van der Waals surface area contributed by atoms with Gasteiger partial charge in [-0.15, -0.1) is 0 Å². The summed E-state index contributed by atoms with van der Waals surface area (Å²) in [6.45, 7) is 4.95. The van der Waals surface area contributed by atoms with Crippen molar-refractivity contribution in [3.63, 3.8) is 0 Å². The highest BCUT2D eigenvalue weighted by Crippen LogP contribution is 2.39. The molecule has 0 fully saturated rings. The maximum absolute atomic E-state index is 10.7. The lowest BCUT2D eigenvalue weighted by molar-refractivity contribution is 0.395. The molecule has 0 atom stereocenters. The van der Waals surface area contributed by atoms with Crippen LogP contribution in [0.1, 0.15) is 25.3 Å². The van der Waals surface area contributed by atoms with Gasteiger partial charge in [0.15, 0.2) is 0 Å². The molecule has 0 spiro atoms. The van der Waals surface area contributed by atoms with Crippen molar-refractivity contribution in [2.45, 2.75) is 33.2 Å². The summed E-state index contributed by atoms with van der Waals surface area (Å²) in [4.78, 5) is 0. The van der Waals surface area contributed by atoms with E-state index in [9.17, 15) is 5.11 Å². The van der Waals surface area contributed by atoms with Crippen LogP contribution in [-0.4, -0.2) is 14.9 Å². The molecule has 3 rings (SSSR count). The minimum atomic E-state index is 0.253. The third-order valence-electron chi connectivity index (χ3n) is 4.11. The van der Waals surface area contributed by atoms with Crippen molar-refractivity contribution in [1.29, 1.82) is 0 Å². The predicted molar refractivity (Wildman–Crippen MR) is 94.4 cm³/mol. The molecule has 1 N–H and O–H groups in total. The van der Waals surface area contributed by atoms with E-state index in [0.717, 1.165) is 47.3 Å². The molecule has 0 radical (unpaired) electrons. The van der Waals surface area contributed by atoms with E-state index in [4.69, 9.17) is 5.10 Å². The fourth-order valence-corrected chi connectivity index (χ4v) is 2.81. The van der Waals surface area contributed by atoms with Crippen molar-refractivity contribution in [2.24, 2.45) is 0 Å². The number of benzene rings is 2. The van der Waals surface area contributed by atoms with Gasteiger partial charge in [0, 0.05) is 12.1 Å². The number of aryl methyl sites for hydroxylation is 2. The Hall–Kier alpha value is -2.55. The van der Waals surface area contributed by atoms with Gasteiger partial charge in [0.25, 0.3) is 0 Å². The first-order valence-corrected chi connectivity index (χ1v) is 8.13. The fraction of sp³-hybridized carbons (Fsp3) is 0.250. The van der Waals surface area contributed by atoms with Crippen molar-refractivity contribution in [1.82, 2.24) is 9.78 Å². The zero-order valence-corrected chi connectivity index (χ0v) is 13.7. The van der Waals surface area contributed by atoms with E-state index in [1.807, 2.05) is 42.5 Å². The Kier molecular flexibility index (Phi) is 4.47. The highest BCUT2D eigenvalue weighted by atomic mass is 16.3. The van der Waals surface area contributed by atoms with Gasteiger partial charge in [-0.3, -0.25) is 0 Å². The van der Waals surface area contributed by atoms with E-state index in [-0.39, 0.29) is 5.88 Å². The molecule has 0 saturated carbocycles. The third kappa shape index (κ3) is 3.00. The zero-order chi connectivity index (χ0) is 16.2. The van der Waals surface area contributed by atoms with Crippen molar-refractivity contribution in [2.75, 3.05) is 0 Å². The first kappa shape index (κ1) is 15.3. The van der Waals surface area contributed by atoms with Gasteiger partial charge in [-0.25, -0.2) is 4.68 Å². The number of rotatable bonds is 5. The summed E-state index contributed by atoms with van der Waals surface area (Å²) in [5, 5.41) is 15.5. The van der Waals surface area contributed by atoms with E-state index in [0.29, 0.717) is 0 Å². The Labute approximate surface area is 137 Å². The largest absolute Gasteiger partial charge is 0.493 e. The number of unbranched alkanes of at least 4 members (excludes halogenated alkanes) is 1. The molecule has 0 amide bonds. The molecule has 23 heavy (non-hydrogen) atoms. The van der Waals surface area contributed by atoms with Crippen molar-refractivity contribution < 1.29 is 5.11 Å². The number of hydrogen-bond acceptors (Lipinski definition) is 2. The quantitative estimate of drug-likeness (QED) is 0.718. The minimum absolute atomic E-state index is 0.253. The van der Waals surface area contributed by atoms with Gasteiger partial charge in [-0.05, 0) is 24.5 Å². The number of nitrogens with zero attached hydrogens (tertiary/aromatic N) is 2. The first-order chi connectivity index (χ1) is 11.2. The van der Waals surface area contributed by atoms with Crippen molar-refractivity contribution in [3.05, 3.63) is 60.2 Å². The minimum Gasteiger partial charge on any atom is -0.493 e. The maximum Gasteiger partial charge on any atom is 0.218 e. The normalized spacial score (nSPS) is 10.9. The maximum atomic E-state index is 10.7. The SMILES string of the molecule is CCCCn1nc(-c2ccccc2C)c(-c2ccccc2)c1O. The van der Waals surface area contributed by atoms with Gasteiger partial charge in [0.05, 0.1) is 5.56 Å². The van der Waals surface area contributed by atoms with Crippen LogP contribution in [0.5, 0.6) is 5.88 Å². The van der Waals surface area contributed by atoms with E-state index in [2.05, 4.69) is 26.0 Å². The summed E-state index contributed by atoms with van der Waals surface area (Å²) < 4.78 is 1.73. The van der Waals surface area contributed by atoms with Crippen LogP contribution in [-0.2, 0) is 6.54 Å². The third-order valence-corrected chi connectivity index (χ3v) is 4.11. The predicted octanol–water partition coefficient (Wildman–Crippen LogP) is 5.03. The Morgan fingerprint density at radius 1 is 1.00 bits per heavy atom. The lowest BCUT2D eigenvalue weighted by Gasteiger charge is -2.06. The van der Waals surface area contributed by atoms with E-state index in [1.165, 1.54) is 0 Å². The number of aromatic nitrogens is 2. The highest BCUT2D eigenvalue weighted by Gasteiger charge is 2.20. The monoisotopic (exact) mass is 306 g/mol. The fourth-order valence-electron chi connectivity index (χ4n) is 2.81. The number of aromatic hydroxyl groups is 1. The second kappa shape index (κ2) is 6.69. The van der Waals surface area contributed by atoms with Crippen LogP contribution in [0.2, 0.25) is 0 Å². The molecule has 0 aliphatic carbocycles. The number of hydrogen-bond donors (Lipinski definition) is 1. The van der Waals surface area contributed by atoms with Crippen LogP contribution >= 0.6 is 0 Å². The van der Waals surface area contributed by atoms with Crippen LogP contribution in [0.15, 0.2) is 54.6 Å². The van der Waals surface area contributed by atoms with Gasteiger partial charge in [0.2, 0.25) is 5.88 Å². The Morgan fingerprint density at radius 2 is 1.70 bits per heavy atom. The van der Waals surface area contributed by atoms with Crippen molar-refractivity contribution in [3.8, 4) is 28.3 Å². The van der Waals surface area contributed by atoms with Gasteiger partial charge < -0.3 is 5.11 Å². The van der Waals surface area contributed by atoms with E-state index in [1.54, 1.807) is 4.68 Å². The summed E-state index contributed by atoms with van der Waals surface area (Å²) in [6, 6.07) is 18.2. The second-order valence-electron chi connectivity index (χ2n) is 5.80. The molecule has 0 saturated heterocycles. The Bertz CT molecular complexity index is 791. The standard InChI is InChI=1S/C20H22N2O/c1-3-4-14-22-20(23)18(16-11-6-5-7-12-16)19(21-22)17-13-9-8-10-15(17)2/h5-13,23H,3-4,14H2,1-2H3. The van der Waals surface area contributed by atoms with Crippen LogP contribution in [0, 0.1) is 6.92 Å². The van der Waals surface area contributed by atoms with Gasteiger partial charge in [0.1, 0.15) is 5.69 Å². The molecular formula is C20H22N2O. The lowest BCUT2D eigenvalue weighted by Crippen LogP contribution is -1.99. The first-order valence-electron chi connectivity index (χ1n) is 8.13. The summed E-state index contributed by atoms with van der Waals surface area (Å²) in [7, 11) is 0. The molecule has 0 bridgehead atoms. The van der Waals surface area contributed by atoms with Crippen LogP contribution in [0.25, 0.3) is 22.4 Å². The Balaban J connectivity index is 2.20. The smallest absolute Gasteiger partial charge is 0.218 e. The topological polar surface area (TPSA) is 38.0 Å². The lowest BCUT2D eigenvalue weighted by atomic mass is 9.98. The average Bonchev–Trinajstić information content (AvgIpc) is 2.90. The molecule has 1 aromatic heterocycles. The second-order valence-corrected chi connectivity index (χ2v) is 5.80. The molecule has 3 nitrogen and oxygen atoms in total. The Morgan fingerprint density at radius 3 is 2.39 bits per heavy atom. The van der Waals surface area contributed by atoms with Gasteiger partial charge >= 0.3 is 0 Å². The van der Waals surface area contributed by atoms with Crippen molar-refractivity contribution >= 4 is 0 Å². The van der Waals surface area contributed by atoms with Crippen LogP contribution < -0.4 is 0 Å². The van der Waals surface area contributed by atoms with E-state index < -0.39 is 0 Å². The average molecular weight is 306 g/mol.